The van der Waals surface area contributed by atoms with E-state index in [2.05, 4.69) is 15.9 Å². The van der Waals surface area contributed by atoms with Crippen LogP contribution in [-0.2, 0) is 80.9 Å². The zero-order valence-electron chi connectivity index (χ0n) is 25.0. The van der Waals surface area contributed by atoms with Crippen molar-refractivity contribution in [2.24, 2.45) is 0 Å². The summed E-state index contributed by atoms with van der Waals surface area (Å²) >= 11 is 3.25. The minimum Gasteiger partial charge on any atom is -0.463 e. The van der Waals surface area contributed by atoms with Crippen LogP contribution >= 0.6 is 15.9 Å². The Morgan fingerprint density at radius 1 is 0.477 bits per heavy atom. The lowest BCUT2D eigenvalue weighted by Crippen LogP contribution is -2.66. The van der Waals surface area contributed by atoms with Crippen molar-refractivity contribution in [2.75, 3.05) is 13.2 Å². The van der Waals surface area contributed by atoms with Gasteiger partial charge in [-0.25, -0.2) is 0 Å². The topological polar surface area (TPSA) is 212 Å². The standard InChI is InChI=1S/C26H35BrO17/c1-10(28)35-8-17-19(37-12(3)30)21(23(25(27)42-17)40-15(6)33)44-26-24(41-16(7)34)22(39-14(5)32)20(38-13(4)31)18(43-26)9-36-11(2)29/h17-26H,8-9H2,1-7H3/t17?,18?,19-,20-,21+,22+,23+,24+,25+,26+/m1/s1. The van der Waals surface area contributed by atoms with E-state index < -0.39 is 115 Å². The van der Waals surface area contributed by atoms with Crippen LogP contribution in [-0.4, -0.2) is 115 Å². The molecular formula is C26H35BrO17. The molecule has 0 aliphatic carbocycles. The quantitative estimate of drug-likeness (QED) is 0.158. The third kappa shape index (κ3) is 11.0. The largest absolute Gasteiger partial charge is 0.463 e. The number of rotatable bonds is 11. The van der Waals surface area contributed by atoms with Crippen molar-refractivity contribution in [3.8, 4) is 0 Å². The second-order valence-electron chi connectivity index (χ2n) is 9.64. The van der Waals surface area contributed by atoms with E-state index in [0.29, 0.717) is 0 Å². The number of hydrogen-bond donors (Lipinski definition) is 0. The van der Waals surface area contributed by atoms with Crippen molar-refractivity contribution < 1.29 is 80.9 Å². The van der Waals surface area contributed by atoms with E-state index in [1.807, 2.05) is 0 Å². The van der Waals surface area contributed by atoms with Gasteiger partial charge in [-0.15, -0.1) is 0 Å². The first-order chi connectivity index (χ1) is 20.5. The zero-order valence-corrected chi connectivity index (χ0v) is 26.6. The van der Waals surface area contributed by atoms with Gasteiger partial charge in [0.1, 0.15) is 31.5 Å². The minimum absolute atomic E-state index is 0.430. The van der Waals surface area contributed by atoms with Crippen molar-refractivity contribution in [3.05, 3.63) is 0 Å². The molecular weight excluding hydrogens is 664 g/mol. The van der Waals surface area contributed by atoms with E-state index in [0.717, 1.165) is 48.5 Å². The molecule has 0 aromatic rings. The van der Waals surface area contributed by atoms with E-state index in [9.17, 15) is 33.6 Å². The van der Waals surface area contributed by atoms with Gasteiger partial charge in [0.2, 0.25) is 0 Å². The highest BCUT2D eigenvalue weighted by atomic mass is 79.9. The maximum Gasteiger partial charge on any atom is 0.303 e. The lowest BCUT2D eigenvalue weighted by atomic mass is 9.96. The van der Waals surface area contributed by atoms with Crippen LogP contribution in [0.2, 0.25) is 0 Å². The van der Waals surface area contributed by atoms with Gasteiger partial charge in [-0.05, 0) is 0 Å². The number of esters is 7. The monoisotopic (exact) mass is 698 g/mol. The average Bonchev–Trinajstić information content (AvgIpc) is 2.87. The molecule has 18 heteroatoms. The zero-order chi connectivity index (χ0) is 33.3. The summed E-state index contributed by atoms with van der Waals surface area (Å²) in [6.07, 6.45) is -13.2. The summed E-state index contributed by atoms with van der Waals surface area (Å²) in [7, 11) is 0. The van der Waals surface area contributed by atoms with E-state index in [1.165, 1.54) is 0 Å². The highest BCUT2D eigenvalue weighted by Crippen LogP contribution is 2.36. The van der Waals surface area contributed by atoms with Gasteiger partial charge in [0.25, 0.3) is 0 Å². The predicted octanol–water partition coefficient (Wildman–Crippen LogP) is 0.00100. The van der Waals surface area contributed by atoms with Gasteiger partial charge in [-0.2, -0.15) is 0 Å². The lowest BCUT2D eigenvalue weighted by Gasteiger charge is -2.48. The molecule has 44 heavy (non-hydrogen) atoms. The number of carbonyl (C=O) groups excluding carboxylic acids is 7. The molecule has 0 aromatic heterocycles. The summed E-state index contributed by atoms with van der Waals surface area (Å²) in [5.74, 6) is -5.64. The summed E-state index contributed by atoms with van der Waals surface area (Å²) in [4.78, 5) is 83.8. The first-order valence-electron chi connectivity index (χ1n) is 13.2. The Bertz CT molecular complexity index is 1090. The molecule has 0 spiro atoms. The van der Waals surface area contributed by atoms with Crippen LogP contribution in [0.25, 0.3) is 0 Å². The van der Waals surface area contributed by atoms with Gasteiger partial charge >= 0.3 is 41.8 Å². The maximum absolute atomic E-state index is 12.2. The van der Waals surface area contributed by atoms with Crippen molar-refractivity contribution >= 4 is 57.7 Å². The number of halogens is 1. The van der Waals surface area contributed by atoms with Crippen LogP contribution in [0.4, 0.5) is 0 Å². The Balaban J connectivity index is 2.66. The smallest absolute Gasteiger partial charge is 0.303 e. The van der Waals surface area contributed by atoms with E-state index in [-0.39, 0.29) is 0 Å². The minimum atomic E-state index is -1.73. The van der Waals surface area contributed by atoms with E-state index in [1.54, 1.807) is 0 Å². The second kappa shape index (κ2) is 16.6. The van der Waals surface area contributed by atoms with Gasteiger partial charge in [0.15, 0.2) is 41.8 Å². The summed E-state index contributed by atoms with van der Waals surface area (Å²) in [6, 6.07) is 0. The molecule has 2 fully saturated rings. The summed E-state index contributed by atoms with van der Waals surface area (Å²) in [6.45, 7) is 6.60. The van der Waals surface area contributed by atoms with Crippen molar-refractivity contribution in [3.63, 3.8) is 0 Å². The van der Waals surface area contributed by atoms with Crippen molar-refractivity contribution in [1.29, 1.82) is 0 Å². The molecule has 2 aliphatic heterocycles. The Morgan fingerprint density at radius 2 is 0.841 bits per heavy atom. The van der Waals surface area contributed by atoms with Gasteiger partial charge in [0.05, 0.1) is 0 Å². The van der Waals surface area contributed by atoms with Gasteiger partial charge in [-0.1, -0.05) is 15.9 Å². The maximum atomic E-state index is 12.2. The van der Waals surface area contributed by atoms with Crippen LogP contribution in [0.3, 0.4) is 0 Å². The third-order valence-corrected chi connectivity index (χ3v) is 6.61. The fourth-order valence-corrected chi connectivity index (χ4v) is 5.14. The Morgan fingerprint density at radius 3 is 1.27 bits per heavy atom. The van der Waals surface area contributed by atoms with Crippen LogP contribution in [0.5, 0.6) is 0 Å². The highest BCUT2D eigenvalue weighted by molar-refractivity contribution is 9.09. The fraction of sp³-hybridized carbons (Fsp3) is 0.731. The predicted molar refractivity (Wildman–Crippen MR) is 142 cm³/mol. The van der Waals surface area contributed by atoms with Gasteiger partial charge in [-0.3, -0.25) is 33.6 Å². The molecule has 0 saturated carbocycles. The fourth-order valence-electron chi connectivity index (χ4n) is 4.46. The molecule has 0 N–H and O–H groups in total. The first-order valence-corrected chi connectivity index (χ1v) is 14.1. The average molecular weight is 699 g/mol. The lowest BCUT2D eigenvalue weighted by molar-refractivity contribution is -0.340. The molecule has 2 saturated heterocycles. The molecule has 2 rings (SSSR count). The SMILES string of the molecule is CC(=O)OCC1O[C@@H](O[C@@H]2[C@H](OC(C)=O)[C@@H](Br)OC(COC(C)=O)[C@H]2OC(C)=O)[C@@H](OC(C)=O)[C@@H](OC(C)=O)[C@@H]1OC(C)=O. The van der Waals surface area contributed by atoms with Crippen LogP contribution in [0.1, 0.15) is 48.5 Å². The number of ether oxygens (including phenoxy) is 10. The van der Waals surface area contributed by atoms with Gasteiger partial charge < -0.3 is 47.4 Å². The highest BCUT2D eigenvalue weighted by Gasteiger charge is 2.57. The van der Waals surface area contributed by atoms with E-state index >= 15 is 0 Å². The van der Waals surface area contributed by atoms with Crippen LogP contribution < -0.4 is 0 Å². The molecule has 2 unspecified atom stereocenters. The molecule has 248 valence electrons. The molecule has 10 atom stereocenters. The molecule has 0 amide bonds. The number of alkyl halides is 1. The molecule has 17 nitrogen and oxygen atoms in total. The summed E-state index contributed by atoms with van der Waals surface area (Å²) in [5.41, 5.74) is 0. The number of carbonyl (C=O) groups is 7. The Kier molecular flexibility index (Phi) is 13.9. The van der Waals surface area contributed by atoms with Crippen molar-refractivity contribution in [2.45, 2.75) is 109 Å². The summed E-state index contributed by atoms with van der Waals surface area (Å²) < 4.78 is 55.1. The Hall–Kier alpha value is -3.35. The van der Waals surface area contributed by atoms with Crippen LogP contribution in [0, 0.1) is 0 Å². The van der Waals surface area contributed by atoms with E-state index in [4.69, 9.17) is 47.4 Å². The van der Waals surface area contributed by atoms with Crippen molar-refractivity contribution in [1.82, 2.24) is 0 Å². The molecule has 0 aromatic carbocycles. The third-order valence-electron chi connectivity index (χ3n) is 5.87. The molecule has 0 bridgehead atoms. The normalized spacial score (nSPS) is 31.5. The Labute approximate surface area is 260 Å². The molecule has 0 radical (unpaired) electrons. The second-order valence-corrected chi connectivity index (χ2v) is 10.5. The summed E-state index contributed by atoms with van der Waals surface area (Å²) in [5, 5.41) is -1.13. The number of hydrogen-bond acceptors (Lipinski definition) is 17. The molecule has 2 aliphatic rings. The molecule has 2 heterocycles. The first kappa shape index (κ1) is 36.8. The van der Waals surface area contributed by atoms with Gasteiger partial charge in [0, 0.05) is 48.5 Å². The van der Waals surface area contributed by atoms with Crippen LogP contribution in [0.15, 0.2) is 0 Å².